The first-order valence-electron chi connectivity index (χ1n) is 12.6. The minimum Gasteiger partial charge on any atom is -0.488 e. The molecule has 3 aromatic rings. The van der Waals surface area contributed by atoms with E-state index in [4.69, 9.17) is 15.9 Å². The molecule has 0 spiro atoms. The third-order valence-electron chi connectivity index (χ3n) is 7.23. The van der Waals surface area contributed by atoms with E-state index in [2.05, 4.69) is 22.2 Å². The maximum Gasteiger partial charge on any atom is 0.251 e. The van der Waals surface area contributed by atoms with Crippen LogP contribution in [-0.4, -0.2) is 47.7 Å². The lowest BCUT2D eigenvalue weighted by Crippen LogP contribution is -2.51. The number of anilines is 1. The predicted molar refractivity (Wildman–Crippen MR) is 142 cm³/mol. The van der Waals surface area contributed by atoms with E-state index in [1.54, 1.807) is 24.4 Å². The van der Waals surface area contributed by atoms with E-state index in [9.17, 15) is 4.79 Å². The van der Waals surface area contributed by atoms with Gasteiger partial charge in [0.2, 0.25) is 0 Å². The van der Waals surface area contributed by atoms with Gasteiger partial charge in [0.25, 0.3) is 5.91 Å². The average Bonchev–Trinajstić information content (AvgIpc) is 3.42. The van der Waals surface area contributed by atoms with Crippen molar-refractivity contribution in [3.8, 4) is 5.75 Å². The molecule has 1 amide bonds. The smallest absolute Gasteiger partial charge is 0.251 e. The number of hydrogen-bond acceptors (Lipinski definition) is 6. The zero-order chi connectivity index (χ0) is 25.1. The van der Waals surface area contributed by atoms with Crippen LogP contribution in [0.1, 0.15) is 58.9 Å². The number of nitrogen functional groups attached to an aromatic ring is 1. The SMILES string of the molecule is CN1CC(Oc2ccc(C(=N)c3cc(C(=O)NC(c4ccccn4)C4CCCC4)ccc3N)cc2)C1. The molecular formula is C29H33N5O2. The van der Waals surface area contributed by atoms with E-state index >= 15 is 0 Å². The summed E-state index contributed by atoms with van der Waals surface area (Å²) in [5, 5.41) is 12.0. The van der Waals surface area contributed by atoms with Crippen LogP contribution in [0, 0.1) is 11.3 Å². The van der Waals surface area contributed by atoms with Crippen LogP contribution in [0.3, 0.4) is 0 Å². The number of carbonyl (C=O) groups is 1. The normalized spacial score (nSPS) is 17.4. The first-order valence-corrected chi connectivity index (χ1v) is 12.6. The fourth-order valence-electron chi connectivity index (χ4n) is 5.19. The highest BCUT2D eigenvalue weighted by molar-refractivity contribution is 6.14. The van der Waals surface area contributed by atoms with Gasteiger partial charge >= 0.3 is 0 Å². The largest absolute Gasteiger partial charge is 0.488 e. The summed E-state index contributed by atoms with van der Waals surface area (Å²) in [5.41, 5.74) is 9.60. The fraction of sp³-hybridized carbons (Fsp3) is 0.345. The number of nitrogens with two attached hydrogens (primary N) is 1. The van der Waals surface area contributed by atoms with Crippen molar-refractivity contribution in [1.82, 2.24) is 15.2 Å². The van der Waals surface area contributed by atoms with Crippen LogP contribution < -0.4 is 15.8 Å². The van der Waals surface area contributed by atoms with Gasteiger partial charge in [0.1, 0.15) is 11.9 Å². The number of nitrogens with one attached hydrogen (secondary N) is 2. The molecule has 186 valence electrons. The molecule has 5 rings (SSSR count). The van der Waals surface area contributed by atoms with Gasteiger partial charge in [-0.25, -0.2) is 0 Å². The first-order chi connectivity index (χ1) is 17.5. The zero-order valence-corrected chi connectivity index (χ0v) is 20.6. The third-order valence-corrected chi connectivity index (χ3v) is 7.23. The Morgan fingerprint density at radius 1 is 1.08 bits per heavy atom. The van der Waals surface area contributed by atoms with Crippen LogP contribution in [0.2, 0.25) is 0 Å². The Balaban J connectivity index is 1.32. The third kappa shape index (κ3) is 5.26. The van der Waals surface area contributed by atoms with Gasteiger partial charge in [0.15, 0.2) is 0 Å². The molecule has 2 aromatic carbocycles. The quantitative estimate of drug-likeness (QED) is 0.325. The van der Waals surface area contributed by atoms with Crippen molar-refractivity contribution in [2.75, 3.05) is 25.9 Å². The summed E-state index contributed by atoms with van der Waals surface area (Å²) in [6.45, 7) is 1.84. The molecule has 0 radical (unpaired) electrons. The van der Waals surface area contributed by atoms with E-state index in [1.165, 1.54) is 12.8 Å². The summed E-state index contributed by atoms with van der Waals surface area (Å²) in [4.78, 5) is 20.1. The van der Waals surface area contributed by atoms with E-state index in [0.29, 0.717) is 22.7 Å². The van der Waals surface area contributed by atoms with Gasteiger partial charge in [-0.2, -0.15) is 0 Å². The van der Waals surface area contributed by atoms with Crippen molar-refractivity contribution in [2.24, 2.45) is 5.92 Å². The van der Waals surface area contributed by atoms with Gasteiger partial charge < -0.3 is 15.8 Å². The monoisotopic (exact) mass is 483 g/mol. The number of likely N-dealkylation sites (tertiary alicyclic amines) is 1. The molecule has 1 saturated heterocycles. The highest BCUT2D eigenvalue weighted by Crippen LogP contribution is 2.35. The van der Waals surface area contributed by atoms with Crippen molar-refractivity contribution < 1.29 is 9.53 Å². The summed E-state index contributed by atoms with van der Waals surface area (Å²) < 4.78 is 5.96. The average molecular weight is 484 g/mol. The van der Waals surface area contributed by atoms with Gasteiger partial charge in [-0.1, -0.05) is 18.9 Å². The number of likely N-dealkylation sites (N-methyl/N-ethyl adjacent to an activating group) is 1. The highest BCUT2D eigenvalue weighted by atomic mass is 16.5. The van der Waals surface area contributed by atoms with Crippen LogP contribution in [0.15, 0.2) is 66.9 Å². The molecule has 7 nitrogen and oxygen atoms in total. The van der Waals surface area contributed by atoms with Crippen molar-refractivity contribution in [2.45, 2.75) is 37.8 Å². The Kier molecular flexibility index (Phi) is 7.00. The molecule has 1 atom stereocenters. The molecule has 1 unspecified atom stereocenters. The summed E-state index contributed by atoms with van der Waals surface area (Å²) in [5.74, 6) is 0.982. The van der Waals surface area contributed by atoms with Gasteiger partial charge in [0, 0.05) is 41.7 Å². The van der Waals surface area contributed by atoms with Crippen LogP contribution in [0.25, 0.3) is 0 Å². The summed E-state index contributed by atoms with van der Waals surface area (Å²) in [7, 11) is 2.07. The molecule has 1 aliphatic heterocycles. The second-order valence-electron chi connectivity index (χ2n) is 9.91. The number of rotatable bonds is 8. The number of carbonyl (C=O) groups excluding carboxylic acids is 1. The van der Waals surface area contributed by atoms with Gasteiger partial charge in [0.05, 0.1) is 17.4 Å². The van der Waals surface area contributed by atoms with Crippen molar-refractivity contribution in [3.63, 3.8) is 0 Å². The molecule has 0 bridgehead atoms. The van der Waals surface area contributed by atoms with E-state index in [-0.39, 0.29) is 23.8 Å². The van der Waals surface area contributed by atoms with Crippen LogP contribution in [0.4, 0.5) is 5.69 Å². The number of benzene rings is 2. The summed E-state index contributed by atoms with van der Waals surface area (Å²) >= 11 is 0. The molecule has 2 aliphatic rings. The Hall–Kier alpha value is -3.71. The van der Waals surface area contributed by atoms with Crippen molar-refractivity contribution in [3.05, 3.63) is 89.2 Å². The summed E-state index contributed by atoms with van der Waals surface area (Å²) in [6.07, 6.45) is 6.49. The Bertz CT molecular complexity index is 1220. The number of hydrogen-bond donors (Lipinski definition) is 3. The molecule has 1 aliphatic carbocycles. The minimum atomic E-state index is -0.180. The number of aromatic nitrogens is 1. The molecule has 1 aromatic heterocycles. The van der Waals surface area contributed by atoms with E-state index in [1.807, 2.05) is 42.5 Å². The number of amides is 1. The highest BCUT2D eigenvalue weighted by Gasteiger charge is 2.29. The van der Waals surface area contributed by atoms with E-state index < -0.39 is 0 Å². The number of nitrogens with zero attached hydrogens (tertiary/aromatic N) is 2. The zero-order valence-electron chi connectivity index (χ0n) is 20.6. The Morgan fingerprint density at radius 2 is 1.81 bits per heavy atom. The first kappa shape index (κ1) is 24.0. The van der Waals surface area contributed by atoms with Crippen molar-refractivity contribution in [1.29, 1.82) is 5.41 Å². The molecule has 4 N–H and O–H groups in total. The lowest BCUT2D eigenvalue weighted by Gasteiger charge is -2.36. The topological polar surface area (TPSA) is 104 Å². The second-order valence-corrected chi connectivity index (χ2v) is 9.91. The van der Waals surface area contributed by atoms with Gasteiger partial charge in [-0.3, -0.25) is 20.1 Å². The van der Waals surface area contributed by atoms with E-state index in [0.717, 1.165) is 42.9 Å². The second kappa shape index (κ2) is 10.5. The lowest BCUT2D eigenvalue weighted by molar-refractivity contribution is 0.0388. The summed E-state index contributed by atoms with van der Waals surface area (Å²) in [6, 6.07) is 18.3. The fourth-order valence-corrected chi connectivity index (χ4v) is 5.19. The Morgan fingerprint density at radius 3 is 2.47 bits per heavy atom. The van der Waals surface area contributed by atoms with Crippen LogP contribution in [-0.2, 0) is 0 Å². The van der Waals surface area contributed by atoms with Gasteiger partial charge in [-0.05, 0) is 80.4 Å². The molecule has 2 fully saturated rings. The maximum absolute atomic E-state index is 13.3. The number of ether oxygens (including phenoxy) is 1. The predicted octanol–water partition coefficient (Wildman–Crippen LogP) is 4.43. The van der Waals surface area contributed by atoms with Crippen molar-refractivity contribution >= 4 is 17.3 Å². The molecule has 7 heteroatoms. The molecule has 2 heterocycles. The molecular weight excluding hydrogens is 450 g/mol. The number of pyridine rings is 1. The lowest BCUT2D eigenvalue weighted by atomic mass is 9.94. The minimum absolute atomic E-state index is 0.135. The van der Waals surface area contributed by atoms with Crippen LogP contribution in [0.5, 0.6) is 5.75 Å². The Labute approximate surface area is 212 Å². The maximum atomic E-state index is 13.3. The van der Waals surface area contributed by atoms with Crippen LogP contribution >= 0.6 is 0 Å². The molecule has 1 saturated carbocycles. The molecule has 36 heavy (non-hydrogen) atoms. The van der Waals surface area contributed by atoms with Gasteiger partial charge in [-0.15, -0.1) is 0 Å². The standard InChI is InChI=1S/C29H33N5O2/c1-34-17-23(18-34)36-22-12-9-19(10-13-22)27(31)24-16-21(11-14-25(24)30)29(35)33-28(20-6-2-3-7-20)26-8-4-5-15-32-26/h4-5,8-16,20,23,28,31H,2-3,6-7,17-18,30H2,1H3,(H,33,35).